The average Bonchev–Trinajstić information content (AvgIpc) is 2.72. The first-order valence-electron chi connectivity index (χ1n) is 7.16. The Balaban J connectivity index is 2.17. The van der Waals surface area contributed by atoms with E-state index in [9.17, 15) is 9.90 Å². The summed E-state index contributed by atoms with van der Waals surface area (Å²) in [6.07, 6.45) is 1.81. The van der Waals surface area contributed by atoms with Crippen LogP contribution in [0, 0.1) is 6.92 Å². The van der Waals surface area contributed by atoms with Gasteiger partial charge in [0.25, 0.3) is 0 Å². The van der Waals surface area contributed by atoms with E-state index >= 15 is 0 Å². The number of benzene rings is 1. The standard InChI is InChI=1S/C16H23NO3/c1-10-6-7-13(18)16-12(9-11(2)15(10)16)17(3)8-4-5-14(19)20/h6-7,11-12,18H,4-5,8-9H2,1-3H3,(H,19,20). The Kier molecular flexibility index (Phi) is 4.33. The summed E-state index contributed by atoms with van der Waals surface area (Å²) in [6, 6.07) is 3.93. The number of fused-ring (bicyclic) bond motifs is 1. The number of hydrogen-bond acceptors (Lipinski definition) is 3. The van der Waals surface area contributed by atoms with Gasteiger partial charge < -0.3 is 10.2 Å². The molecule has 2 N–H and O–H groups in total. The van der Waals surface area contributed by atoms with Crippen LogP contribution in [0.25, 0.3) is 0 Å². The monoisotopic (exact) mass is 277 g/mol. The lowest BCUT2D eigenvalue weighted by molar-refractivity contribution is -0.137. The molecule has 0 fully saturated rings. The van der Waals surface area contributed by atoms with E-state index in [-0.39, 0.29) is 12.5 Å². The summed E-state index contributed by atoms with van der Waals surface area (Å²) >= 11 is 0. The maximum absolute atomic E-state index is 10.6. The third-order valence-electron chi connectivity index (χ3n) is 4.32. The summed E-state index contributed by atoms with van der Waals surface area (Å²) in [5, 5.41) is 18.9. The van der Waals surface area contributed by atoms with E-state index in [1.165, 1.54) is 11.1 Å². The molecule has 4 nitrogen and oxygen atoms in total. The number of phenolic OH excluding ortho intramolecular Hbond substituents is 1. The van der Waals surface area contributed by atoms with Crippen molar-refractivity contribution in [3.8, 4) is 5.75 Å². The van der Waals surface area contributed by atoms with Crippen LogP contribution in [0.3, 0.4) is 0 Å². The molecule has 2 atom stereocenters. The molecule has 0 amide bonds. The molecule has 1 aromatic rings. The SMILES string of the molecule is Cc1ccc(O)c2c1C(C)CC2N(C)CCCC(=O)O. The van der Waals surface area contributed by atoms with Gasteiger partial charge in [0.2, 0.25) is 0 Å². The number of hydrogen-bond donors (Lipinski definition) is 2. The summed E-state index contributed by atoms with van der Waals surface area (Å²) in [5.74, 6) is 0.0475. The first-order valence-corrected chi connectivity index (χ1v) is 7.16. The maximum Gasteiger partial charge on any atom is 0.303 e. The number of phenols is 1. The number of carboxylic acid groups (broad SMARTS) is 1. The Hall–Kier alpha value is -1.55. The minimum atomic E-state index is -0.753. The zero-order chi connectivity index (χ0) is 14.9. The van der Waals surface area contributed by atoms with Gasteiger partial charge in [-0.1, -0.05) is 13.0 Å². The smallest absolute Gasteiger partial charge is 0.303 e. The van der Waals surface area contributed by atoms with Crippen molar-refractivity contribution in [2.24, 2.45) is 0 Å². The number of carbonyl (C=O) groups is 1. The highest BCUT2D eigenvalue weighted by atomic mass is 16.4. The van der Waals surface area contributed by atoms with Crippen molar-refractivity contribution in [3.63, 3.8) is 0 Å². The molecule has 0 heterocycles. The van der Waals surface area contributed by atoms with Gasteiger partial charge in [0.1, 0.15) is 5.75 Å². The largest absolute Gasteiger partial charge is 0.508 e. The first-order chi connectivity index (χ1) is 9.41. The predicted molar refractivity (Wildman–Crippen MR) is 78.1 cm³/mol. The summed E-state index contributed by atoms with van der Waals surface area (Å²) in [5.41, 5.74) is 3.53. The Morgan fingerprint density at radius 1 is 1.40 bits per heavy atom. The molecular formula is C16H23NO3. The predicted octanol–water partition coefficient (Wildman–Crippen LogP) is 3.05. The summed E-state index contributed by atoms with van der Waals surface area (Å²) < 4.78 is 0. The minimum absolute atomic E-state index is 0.189. The van der Waals surface area contributed by atoms with Crippen molar-refractivity contribution < 1.29 is 15.0 Å². The van der Waals surface area contributed by atoms with Crippen molar-refractivity contribution >= 4 is 5.97 Å². The minimum Gasteiger partial charge on any atom is -0.508 e. The molecule has 0 saturated carbocycles. The number of aromatic hydroxyl groups is 1. The van der Waals surface area contributed by atoms with Crippen LogP contribution >= 0.6 is 0 Å². The van der Waals surface area contributed by atoms with Crippen LogP contribution in [-0.4, -0.2) is 34.7 Å². The second kappa shape index (κ2) is 5.83. The van der Waals surface area contributed by atoms with Crippen molar-refractivity contribution in [2.75, 3.05) is 13.6 Å². The Labute approximate surface area is 120 Å². The Morgan fingerprint density at radius 3 is 2.75 bits per heavy atom. The van der Waals surface area contributed by atoms with Gasteiger partial charge in [-0.15, -0.1) is 0 Å². The van der Waals surface area contributed by atoms with Crippen molar-refractivity contribution in [3.05, 3.63) is 28.8 Å². The average molecular weight is 277 g/mol. The molecule has 0 radical (unpaired) electrons. The highest BCUT2D eigenvalue weighted by Gasteiger charge is 2.34. The number of aliphatic carboxylic acids is 1. The molecule has 0 aromatic heterocycles. The fourth-order valence-electron chi connectivity index (χ4n) is 3.34. The number of aryl methyl sites for hydroxylation is 1. The Morgan fingerprint density at radius 2 is 2.10 bits per heavy atom. The van der Waals surface area contributed by atoms with Gasteiger partial charge in [-0.2, -0.15) is 0 Å². The van der Waals surface area contributed by atoms with Crippen LogP contribution in [0.5, 0.6) is 5.75 Å². The van der Waals surface area contributed by atoms with E-state index in [1.807, 2.05) is 13.1 Å². The highest BCUT2D eigenvalue weighted by molar-refractivity contribution is 5.66. The van der Waals surface area contributed by atoms with Gasteiger partial charge in [-0.25, -0.2) is 0 Å². The van der Waals surface area contributed by atoms with Gasteiger partial charge >= 0.3 is 5.97 Å². The fraction of sp³-hybridized carbons (Fsp3) is 0.562. The zero-order valence-corrected chi connectivity index (χ0v) is 12.4. The van der Waals surface area contributed by atoms with Gasteiger partial charge in [-0.05, 0) is 56.5 Å². The Bertz CT molecular complexity index is 513. The lowest BCUT2D eigenvalue weighted by Gasteiger charge is -2.25. The van der Waals surface area contributed by atoms with Crippen molar-refractivity contribution in [1.29, 1.82) is 0 Å². The van der Waals surface area contributed by atoms with Gasteiger partial charge in [-0.3, -0.25) is 9.69 Å². The van der Waals surface area contributed by atoms with E-state index in [0.717, 1.165) is 18.5 Å². The van der Waals surface area contributed by atoms with Crippen molar-refractivity contribution in [2.45, 2.75) is 45.1 Å². The van der Waals surface area contributed by atoms with E-state index in [2.05, 4.69) is 18.7 Å². The third-order valence-corrected chi connectivity index (χ3v) is 4.32. The van der Waals surface area contributed by atoms with Gasteiger partial charge in [0, 0.05) is 18.0 Å². The lowest BCUT2D eigenvalue weighted by Crippen LogP contribution is -2.24. The zero-order valence-electron chi connectivity index (χ0n) is 12.4. The molecule has 4 heteroatoms. The maximum atomic E-state index is 10.6. The fourth-order valence-corrected chi connectivity index (χ4v) is 3.34. The second-order valence-electron chi connectivity index (χ2n) is 5.86. The van der Waals surface area contributed by atoms with Crippen LogP contribution in [0.4, 0.5) is 0 Å². The van der Waals surface area contributed by atoms with Crippen LogP contribution in [-0.2, 0) is 4.79 Å². The van der Waals surface area contributed by atoms with Crippen LogP contribution in [0.2, 0.25) is 0 Å². The third kappa shape index (κ3) is 2.80. The molecule has 2 unspecified atom stereocenters. The number of carboxylic acids is 1. The molecular weight excluding hydrogens is 254 g/mol. The normalized spacial score (nSPS) is 21.2. The highest BCUT2D eigenvalue weighted by Crippen LogP contribution is 2.48. The summed E-state index contributed by atoms with van der Waals surface area (Å²) in [4.78, 5) is 12.8. The van der Waals surface area contributed by atoms with E-state index in [4.69, 9.17) is 5.11 Å². The van der Waals surface area contributed by atoms with Gasteiger partial charge in [0.15, 0.2) is 0 Å². The topological polar surface area (TPSA) is 60.8 Å². The van der Waals surface area contributed by atoms with Crippen LogP contribution < -0.4 is 0 Å². The van der Waals surface area contributed by atoms with Crippen LogP contribution in [0.15, 0.2) is 12.1 Å². The summed E-state index contributed by atoms with van der Waals surface area (Å²) in [6.45, 7) is 5.01. The van der Waals surface area contributed by atoms with E-state index < -0.39 is 5.97 Å². The molecule has 1 aromatic carbocycles. The van der Waals surface area contributed by atoms with Gasteiger partial charge in [0.05, 0.1) is 0 Å². The molecule has 20 heavy (non-hydrogen) atoms. The number of nitrogens with zero attached hydrogens (tertiary/aromatic N) is 1. The van der Waals surface area contributed by atoms with E-state index in [1.54, 1.807) is 6.07 Å². The first kappa shape index (κ1) is 14.9. The molecule has 0 bridgehead atoms. The molecule has 0 spiro atoms. The molecule has 1 aliphatic rings. The molecule has 0 saturated heterocycles. The molecule has 2 rings (SSSR count). The molecule has 110 valence electrons. The quantitative estimate of drug-likeness (QED) is 0.868. The van der Waals surface area contributed by atoms with E-state index in [0.29, 0.717) is 18.1 Å². The number of rotatable bonds is 5. The lowest BCUT2D eigenvalue weighted by atomic mass is 9.97. The van der Waals surface area contributed by atoms with Crippen LogP contribution in [0.1, 0.15) is 54.8 Å². The summed E-state index contributed by atoms with van der Waals surface area (Å²) in [7, 11) is 2.01. The van der Waals surface area contributed by atoms with Crippen molar-refractivity contribution in [1.82, 2.24) is 4.90 Å². The molecule has 0 aliphatic heterocycles. The molecule has 1 aliphatic carbocycles. The second-order valence-corrected chi connectivity index (χ2v) is 5.86.